The number of aryl methyl sites for hydroxylation is 1. The second-order valence-electron chi connectivity index (χ2n) is 4.71. The van der Waals surface area contributed by atoms with E-state index in [9.17, 15) is 13.2 Å². The van der Waals surface area contributed by atoms with Gasteiger partial charge in [0.15, 0.2) is 0 Å². The average Bonchev–Trinajstić information content (AvgIpc) is 2.41. The van der Waals surface area contributed by atoms with Gasteiger partial charge in [0.25, 0.3) is 0 Å². The average molecular weight is 308 g/mol. The topological polar surface area (TPSA) is 0 Å². The van der Waals surface area contributed by atoms with E-state index in [1.807, 2.05) is 25.1 Å². The summed E-state index contributed by atoms with van der Waals surface area (Å²) in [5.41, 5.74) is 0.569. The van der Waals surface area contributed by atoms with E-state index < -0.39 is 11.7 Å². The van der Waals surface area contributed by atoms with Crippen LogP contribution >= 0.6 is 11.8 Å². The summed E-state index contributed by atoms with van der Waals surface area (Å²) in [4.78, 5) is 1.04. The molecule has 0 atom stereocenters. The largest absolute Gasteiger partial charge is 0.417 e. The number of allylic oxidation sites excluding steroid dienone is 2. The molecule has 0 bridgehead atoms. The minimum Gasteiger partial charge on any atom is -0.166 e. The lowest BCUT2D eigenvalue weighted by Crippen LogP contribution is -2.12. The normalized spacial score (nSPS) is 13.0. The number of hydrogen-bond acceptors (Lipinski definition) is 1. The van der Waals surface area contributed by atoms with E-state index in [1.165, 1.54) is 19.1 Å². The van der Waals surface area contributed by atoms with Crippen molar-refractivity contribution < 1.29 is 13.2 Å². The van der Waals surface area contributed by atoms with Crippen LogP contribution in [0, 0.1) is 6.92 Å². The van der Waals surface area contributed by atoms with Crippen molar-refractivity contribution in [2.75, 3.05) is 0 Å². The van der Waals surface area contributed by atoms with Crippen molar-refractivity contribution in [3.05, 3.63) is 70.6 Å². The van der Waals surface area contributed by atoms with Crippen LogP contribution in [0.1, 0.15) is 18.1 Å². The molecule has 4 heteroatoms. The maximum atomic E-state index is 13.4. The summed E-state index contributed by atoms with van der Waals surface area (Å²) in [5, 5.41) is 0. The third-order valence-electron chi connectivity index (χ3n) is 2.99. The fraction of sp³-hybridized carbons (Fsp3) is 0.176. The zero-order valence-corrected chi connectivity index (χ0v) is 12.6. The first-order chi connectivity index (χ1) is 9.88. The van der Waals surface area contributed by atoms with E-state index in [2.05, 4.69) is 0 Å². The predicted octanol–water partition coefficient (Wildman–Crippen LogP) is 6.08. The van der Waals surface area contributed by atoms with Crippen LogP contribution in [0.3, 0.4) is 0 Å². The Labute approximate surface area is 126 Å². The van der Waals surface area contributed by atoms with Gasteiger partial charge in [0.05, 0.1) is 5.57 Å². The van der Waals surface area contributed by atoms with Gasteiger partial charge in [-0.25, -0.2) is 0 Å². The smallest absolute Gasteiger partial charge is 0.166 e. The van der Waals surface area contributed by atoms with E-state index >= 15 is 0 Å². The summed E-state index contributed by atoms with van der Waals surface area (Å²) in [5.74, 6) is 0. The van der Waals surface area contributed by atoms with Gasteiger partial charge in [0.1, 0.15) is 0 Å². The summed E-state index contributed by atoms with van der Waals surface area (Å²) in [6, 6.07) is 15.5. The molecule has 2 rings (SSSR count). The standard InChI is InChI=1S/C17H15F3S/c1-12-8-10-14(11-9-12)16(17(18,19)20)13(2)21-15-6-4-3-5-7-15/h3-11H,1-2H3/b16-13-. The zero-order valence-electron chi connectivity index (χ0n) is 11.7. The van der Waals surface area contributed by atoms with Gasteiger partial charge < -0.3 is 0 Å². The molecule has 0 saturated carbocycles. The van der Waals surface area contributed by atoms with Gasteiger partial charge in [-0.3, -0.25) is 0 Å². The molecule has 0 spiro atoms. The van der Waals surface area contributed by atoms with Crippen LogP contribution in [0.4, 0.5) is 13.2 Å². The molecule has 0 aliphatic heterocycles. The Kier molecular flexibility index (Phi) is 4.78. The third-order valence-corrected chi connectivity index (χ3v) is 4.01. The van der Waals surface area contributed by atoms with E-state index in [4.69, 9.17) is 0 Å². The first-order valence-electron chi connectivity index (χ1n) is 6.46. The van der Waals surface area contributed by atoms with Crippen LogP contribution in [0.25, 0.3) is 5.57 Å². The molecule has 21 heavy (non-hydrogen) atoms. The highest BCUT2D eigenvalue weighted by Gasteiger charge is 2.36. The molecule has 0 fully saturated rings. The van der Waals surface area contributed by atoms with Crippen molar-refractivity contribution in [3.8, 4) is 0 Å². The molecular formula is C17H15F3S. The van der Waals surface area contributed by atoms with Gasteiger partial charge in [-0.15, -0.1) is 0 Å². The van der Waals surface area contributed by atoms with E-state index in [0.717, 1.165) is 22.2 Å². The van der Waals surface area contributed by atoms with Gasteiger partial charge in [-0.05, 0) is 36.4 Å². The predicted molar refractivity (Wildman–Crippen MR) is 82.1 cm³/mol. The summed E-state index contributed by atoms with van der Waals surface area (Å²) in [7, 11) is 0. The Morgan fingerprint density at radius 1 is 0.905 bits per heavy atom. The van der Waals surface area contributed by atoms with Crippen LogP contribution in [0.15, 0.2) is 64.4 Å². The molecule has 0 radical (unpaired) electrons. The molecule has 2 aromatic carbocycles. The lowest BCUT2D eigenvalue weighted by Gasteiger charge is -2.16. The Morgan fingerprint density at radius 2 is 1.48 bits per heavy atom. The fourth-order valence-corrected chi connectivity index (χ4v) is 2.99. The summed E-state index contributed by atoms with van der Waals surface area (Å²) in [6.45, 7) is 3.37. The summed E-state index contributed by atoms with van der Waals surface area (Å²) >= 11 is 1.14. The van der Waals surface area contributed by atoms with E-state index in [1.54, 1.807) is 24.3 Å². The first kappa shape index (κ1) is 15.7. The lowest BCUT2D eigenvalue weighted by molar-refractivity contribution is -0.0691. The summed E-state index contributed by atoms with van der Waals surface area (Å²) < 4.78 is 40.2. The molecule has 0 aliphatic carbocycles. The number of hydrogen-bond donors (Lipinski definition) is 0. The van der Waals surface area contributed by atoms with Crippen LogP contribution < -0.4 is 0 Å². The van der Waals surface area contributed by atoms with Gasteiger partial charge in [-0.1, -0.05) is 59.8 Å². The quantitative estimate of drug-likeness (QED) is 0.619. The van der Waals surface area contributed by atoms with E-state index in [0.29, 0.717) is 0 Å². The van der Waals surface area contributed by atoms with Crippen molar-refractivity contribution in [2.45, 2.75) is 24.9 Å². The minimum absolute atomic E-state index is 0.203. The number of thioether (sulfide) groups is 1. The molecule has 110 valence electrons. The number of benzene rings is 2. The van der Waals surface area contributed by atoms with Gasteiger partial charge in [0.2, 0.25) is 0 Å². The Hall–Kier alpha value is -1.68. The fourth-order valence-electron chi connectivity index (χ4n) is 2.00. The van der Waals surface area contributed by atoms with Crippen molar-refractivity contribution in [2.24, 2.45) is 0 Å². The highest BCUT2D eigenvalue weighted by Crippen LogP contribution is 2.41. The highest BCUT2D eigenvalue weighted by molar-refractivity contribution is 8.03. The second-order valence-corrected chi connectivity index (χ2v) is 6.00. The van der Waals surface area contributed by atoms with Crippen molar-refractivity contribution >= 4 is 17.3 Å². The first-order valence-corrected chi connectivity index (χ1v) is 7.27. The number of halogens is 3. The van der Waals surface area contributed by atoms with Crippen molar-refractivity contribution in [3.63, 3.8) is 0 Å². The Balaban J connectivity index is 2.44. The number of alkyl halides is 3. The molecule has 0 saturated heterocycles. The molecule has 0 nitrogen and oxygen atoms in total. The third kappa shape index (κ3) is 4.14. The Morgan fingerprint density at radius 3 is 2.00 bits per heavy atom. The zero-order chi connectivity index (χ0) is 15.5. The van der Waals surface area contributed by atoms with Crippen LogP contribution in [-0.4, -0.2) is 6.18 Å². The maximum Gasteiger partial charge on any atom is 0.417 e. The molecule has 0 unspecified atom stereocenters. The lowest BCUT2D eigenvalue weighted by atomic mass is 10.0. The molecule has 0 aromatic heterocycles. The molecular weight excluding hydrogens is 293 g/mol. The SMILES string of the molecule is C/C(Sc1ccccc1)=C(\c1ccc(C)cc1)C(F)(F)F. The minimum atomic E-state index is -4.37. The number of rotatable bonds is 3. The van der Waals surface area contributed by atoms with Gasteiger partial charge in [0, 0.05) is 4.90 Å². The van der Waals surface area contributed by atoms with Crippen LogP contribution in [-0.2, 0) is 0 Å². The molecule has 0 heterocycles. The summed E-state index contributed by atoms with van der Waals surface area (Å²) in [6.07, 6.45) is -4.37. The van der Waals surface area contributed by atoms with Crippen molar-refractivity contribution in [1.29, 1.82) is 0 Å². The monoisotopic (exact) mass is 308 g/mol. The molecule has 0 aliphatic rings. The van der Waals surface area contributed by atoms with Crippen LogP contribution in [0.5, 0.6) is 0 Å². The van der Waals surface area contributed by atoms with Crippen LogP contribution in [0.2, 0.25) is 0 Å². The molecule has 0 N–H and O–H groups in total. The van der Waals surface area contributed by atoms with Gasteiger partial charge in [-0.2, -0.15) is 13.2 Å². The Bertz CT molecular complexity index is 625. The van der Waals surface area contributed by atoms with Gasteiger partial charge >= 0.3 is 6.18 Å². The van der Waals surface area contributed by atoms with Crippen molar-refractivity contribution in [1.82, 2.24) is 0 Å². The molecule has 0 amide bonds. The maximum absolute atomic E-state index is 13.4. The highest BCUT2D eigenvalue weighted by atomic mass is 32.2. The van der Waals surface area contributed by atoms with E-state index in [-0.39, 0.29) is 10.5 Å². The second kappa shape index (κ2) is 6.39. The molecule has 2 aromatic rings.